The van der Waals surface area contributed by atoms with Crippen LogP contribution >= 0.6 is 0 Å². The summed E-state index contributed by atoms with van der Waals surface area (Å²) in [7, 11) is 1.39. The number of methoxy groups -OCH3 is 1. The van der Waals surface area contributed by atoms with Crippen molar-refractivity contribution in [3.05, 3.63) is 29.6 Å². The number of aliphatic imine (C=N–C) groups is 1. The first-order valence-corrected chi connectivity index (χ1v) is 6.62. The lowest BCUT2D eigenvalue weighted by atomic mass is 9.96. The van der Waals surface area contributed by atoms with Crippen LogP contribution in [-0.4, -0.2) is 25.1 Å². The minimum atomic E-state index is -0.528. The van der Waals surface area contributed by atoms with Crippen LogP contribution in [0.5, 0.6) is 5.75 Å². The molecule has 0 bridgehead atoms. The molecule has 0 aliphatic heterocycles. The molecule has 1 aliphatic rings. The van der Waals surface area contributed by atoms with Gasteiger partial charge < -0.3 is 4.74 Å². The number of Topliss-reactive ketones (excluding diaryl/α,β-unsaturated/α-hetero) is 1. The van der Waals surface area contributed by atoms with Crippen LogP contribution in [-0.2, 0) is 0 Å². The maximum atomic E-state index is 13.5. The normalized spacial score (nSPS) is 16.7. The number of carbonyl (C=O) groups excluding carboxylic acids is 1. The molecule has 0 atom stereocenters. The van der Waals surface area contributed by atoms with Crippen molar-refractivity contribution < 1.29 is 13.9 Å². The van der Waals surface area contributed by atoms with Gasteiger partial charge in [0.15, 0.2) is 11.6 Å². The second-order valence-corrected chi connectivity index (χ2v) is 4.78. The molecule has 2 rings (SSSR count). The van der Waals surface area contributed by atoms with Crippen molar-refractivity contribution in [3.63, 3.8) is 0 Å². The van der Waals surface area contributed by atoms with Crippen LogP contribution in [0, 0.1) is 5.82 Å². The zero-order valence-corrected chi connectivity index (χ0v) is 11.1. The number of hydrogen-bond donors (Lipinski definition) is 0. The summed E-state index contributed by atoms with van der Waals surface area (Å²) in [4.78, 5) is 16.2. The van der Waals surface area contributed by atoms with Crippen molar-refractivity contribution in [2.45, 2.75) is 38.1 Å². The molecule has 0 heterocycles. The Morgan fingerprint density at radius 2 is 2.11 bits per heavy atom. The van der Waals surface area contributed by atoms with E-state index < -0.39 is 5.82 Å². The predicted molar refractivity (Wildman–Crippen MR) is 72.6 cm³/mol. The number of hydrogen-bond acceptors (Lipinski definition) is 3. The third kappa shape index (κ3) is 3.63. The second kappa shape index (κ2) is 6.45. The summed E-state index contributed by atoms with van der Waals surface area (Å²) in [6.45, 7) is 0. The van der Waals surface area contributed by atoms with Crippen LogP contribution in [0.15, 0.2) is 23.2 Å². The topological polar surface area (TPSA) is 38.7 Å². The van der Waals surface area contributed by atoms with Crippen LogP contribution in [0.3, 0.4) is 0 Å². The monoisotopic (exact) mass is 263 g/mol. The van der Waals surface area contributed by atoms with Gasteiger partial charge in [-0.3, -0.25) is 9.79 Å². The molecule has 0 radical (unpaired) electrons. The minimum absolute atomic E-state index is 0.140. The zero-order chi connectivity index (χ0) is 13.7. The van der Waals surface area contributed by atoms with Gasteiger partial charge in [-0.15, -0.1) is 0 Å². The fourth-order valence-corrected chi connectivity index (χ4v) is 2.30. The van der Waals surface area contributed by atoms with Gasteiger partial charge in [0, 0.05) is 5.56 Å². The smallest absolute Gasteiger partial charge is 0.203 e. The van der Waals surface area contributed by atoms with Crippen molar-refractivity contribution in [3.8, 4) is 5.75 Å². The molecule has 0 N–H and O–H groups in total. The van der Waals surface area contributed by atoms with Crippen molar-refractivity contribution in [2.75, 3.05) is 7.11 Å². The van der Waals surface area contributed by atoms with Gasteiger partial charge in [0.05, 0.1) is 19.4 Å². The highest BCUT2D eigenvalue weighted by Crippen LogP contribution is 2.20. The Hall–Kier alpha value is -1.71. The summed E-state index contributed by atoms with van der Waals surface area (Å²) in [5.41, 5.74) is 0.304. The van der Waals surface area contributed by atoms with Gasteiger partial charge in [-0.25, -0.2) is 4.39 Å². The lowest BCUT2D eigenvalue weighted by Crippen LogP contribution is -2.11. The van der Waals surface area contributed by atoms with E-state index in [4.69, 9.17) is 4.74 Å². The van der Waals surface area contributed by atoms with Crippen LogP contribution in [0.25, 0.3) is 0 Å². The molecule has 0 unspecified atom stereocenters. The molecule has 1 saturated carbocycles. The van der Waals surface area contributed by atoms with Gasteiger partial charge in [0.1, 0.15) is 0 Å². The maximum Gasteiger partial charge on any atom is 0.203 e. The molecule has 0 aromatic heterocycles. The molecule has 3 nitrogen and oxygen atoms in total. The van der Waals surface area contributed by atoms with Gasteiger partial charge in [-0.1, -0.05) is 19.3 Å². The third-order valence-electron chi connectivity index (χ3n) is 3.41. The zero-order valence-electron chi connectivity index (χ0n) is 11.1. The highest BCUT2D eigenvalue weighted by atomic mass is 19.1. The molecule has 4 heteroatoms. The molecule has 1 aliphatic carbocycles. The van der Waals surface area contributed by atoms with E-state index in [1.165, 1.54) is 44.7 Å². The van der Waals surface area contributed by atoms with Crippen molar-refractivity contribution in [2.24, 2.45) is 4.99 Å². The summed E-state index contributed by atoms with van der Waals surface area (Å²) >= 11 is 0. The van der Waals surface area contributed by atoms with Crippen molar-refractivity contribution in [1.82, 2.24) is 0 Å². The Morgan fingerprint density at radius 1 is 1.37 bits per heavy atom. The number of ketones is 1. The molecule has 0 amide bonds. The Labute approximate surface area is 112 Å². The fraction of sp³-hybridized carbons (Fsp3) is 0.467. The van der Waals surface area contributed by atoms with E-state index in [1.807, 2.05) is 0 Å². The average molecular weight is 263 g/mol. The minimum Gasteiger partial charge on any atom is -0.494 e. The summed E-state index contributed by atoms with van der Waals surface area (Å²) < 4.78 is 18.3. The Balaban J connectivity index is 2.02. The first-order valence-electron chi connectivity index (χ1n) is 6.62. The van der Waals surface area contributed by atoms with Gasteiger partial charge >= 0.3 is 0 Å². The Kier molecular flexibility index (Phi) is 4.66. The predicted octanol–water partition coefficient (Wildman–Crippen LogP) is 3.42. The SMILES string of the molecule is COc1ccc(C(=O)C=NC2CCCCC2)cc1F. The molecular weight excluding hydrogens is 245 g/mol. The van der Waals surface area contributed by atoms with Crippen molar-refractivity contribution in [1.29, 1.82) is 0 Å². The van der Waals surface area contributed by atoms with Gasteiger partial charge in [0.25, 0.3) is 0 Å². The highest BCUT2D eigenvalue weighted by molar-refractivity contribution is 6.35. The molecule has 102 valence electrons. The first kappa shape index (κ1) is 13.7. The number of carbonyl (C=O) groups is 1. The quantitative estimate of drug-likeness (QED) is 0.616. The van der Waals surface area contributed by atoms with E-state index in [-0.39, 0.29) is 17.6 Å². The third-order valence-corrected chi connectivity index (χ3v) is 3.41. The summed E-state index contributed by atoms with van der Waals surface area (Å²) in [5.74, 6) is -0.646. The Bertz CT molecular complexity index is 479. The lowest BCUT2D eigenvalue weighted by Gasteiger charge is -2.16. The highest BCUT2D eigenvalue weighted by Gasteiger charge is 2.12. The van der Waals surface area contributed by atoms with E-state index >= 15 is 0 Å². The molecule has 19 heavy (non-hydrogen) atoms. The molecule has 0 saturated heterocycles. The summed E-state index contributed by atoms with van der Waals surface area (Å²) in [5, 5.41) is 0. The molecule has 1 fully saturated rings. The number of benzene rings is 1. The number of nitrogens with zero attached hydrogens (tertiary/aromatic N) is 1. The van der Waals surface area contributed by atoms with Crippen LogP contribution in [0.4, 0.5) is 4.39 Å². The molecule has 1 aromatic carbocycles. The standard InChI is InChI=1S/C15H18FNO2/c1-19-15-8-7-11(9-13(15)16)14(18)10-17-12-5-3-2-4-6-12/h7-10,12H,2-6H2,1H3. The molecule has 1 aromatic rings. The number of ether oxygens (including phenoxy) is 1. The molecule has 0 spiro atoms. The van der Waals surface area contributed by atoms with Crippen molar-refractivity contribution >= 4 is 12.0 Å². The van der Waals surface area contributed by atoms with Crippen LogP contribution in [0.2, 0.25) is 0 Å². The first-order chi connectivity index (χ1) is 9.20. The summed E-state index contributed by atoms with van der Waals surface area (Å²) in [6.07, 6.45) is 7.02. The van der Waals surface area contributed by atoms with E-state index in [0.29, 0.717) is 5.56 Å². The van der Waals surface area contributed by atoms with E-state index in [0.717, 1.165) is 12.8 Å². The van der Waals surface area contributed by atoms with E-state index in [1.54, 1.807) is 6.07 Å². The second-order valence-electron chi connectivity index (χ2n) is 4.78. The number of rotatable bonds is 4. The molecular formula is C15H18FNO2. The van der Waals surface area contributed by atoms with E-state index in [2.05, 4.69) is 4.99 Å². The largest absolute Gasteiger partial charge is 0.494 e. The maximum absolute atomic E-state index is 13.5. The van der Waals surface area contributed by atoms with Crippen LogP contribution in [0.1, 0.15) is 42.5 Å². The Morgan fingerprint density at radius 3 is 2.74 bits per heavy atom. The van der Waals surface area contributed by atoms with E-state index in [9.17, 15) is 9.18 Å². The fourth-order valence-electron chi connectivity index (χ4n) is 2.30. The van der Waals surface area contributed by atoms with Gasteiger partial charge in [-0.05, 0) is 31.0 Å². The van der Waals surface area contributed by atoms with Crippen LogP contribution < -0.4 is 4.74 Å². The summed E-state index contributed by atoms with van der Waals surface area (Å²) in [6, 6.07) is 4.45. The lowest BCUT2D eigenvalue weighted by molar-refractivity contribution is 0.106. The van der Waals surface area contributed by atoms with Gasteiger partial charge in [0.2, 0.25) is 5.78 Å². The average Bonchev–Trinajstić information content (AvgIpc) is 2.45. The van der Waals surface area contributed by atoms with Gasteiger partial charge in [-0.2, -0.15) is 0 Å². The number of halogens is 1.